The van der Waals surface area contributed by atoms with Crippen LogP contribution in [-0.2, 0) is 0 Å². The van der Waals surface area contributed by atoms with Gasteiger partial charge in [-0.1, -0.05) is 6.92 Å². The number of thiophene rings is 1. The van der Waals surface area contributed by atoms with E-state index in [-0.39, 0.29) is 0 Å². The minimum Gasteiger partial charge on any atom is -0.305 e. The Labute approximate surface area is 111 Å². The lowest BCUT2D eigenvalue weighted by molar-refractivity contribution is 0.610. The van der Waals surface area contributed by atoms with Gasteiger partial charge in [-0.3, -0.25) is 0 Å². The highest BCUT2D eigenvalue weighted by atomic mass is 32.1. The molecule has 1 unspecified atom stereocenters. The van der Waals surface area contributed by atoms with Crippen LogP contribution in [-0.4, -0.2) is 11.5 Å². The fourth-order valence-corrected chi connectivity index (χ4v) is 3.77. The smallest absolute Gasteiger partial charge is 0.0897 e. The molecular formula is C13H18N2S2. The highest BCUT2D eigenvalue weighted by molar-refractivity contribution is 7.12. The van der Waals surface area contributed by atoms with Crippen LogP contribution >= 0.6 is 22.7 Å². The molecule has 0 aliphatic carbocycles. The van der Waals surface area contributed by atoms with Gasteiger partial charge in [0.15, 0.2) is 0 Å². The SMILES string of the molecule is CCCNC(c1cnc(C)s1)c1sccc1C. The Balaban J connectivity index is 2.28. The molecule has 2 heterocycles. The summed E-state index contributed by atoms with van der Waals surface area (Å²) in [5.74, 6) is 0. The van der Waals surface area contributed by atoms with Crippen LogP contribution in [0.25, 0.3) is 0 Å². The van der Waals surface area contributed by atoms with Crippen LogP contribution in [0.1, 0.15) is 39.7 Å². The molecule has 0 saturated heterocycles. The fourth-order valence-electron chi connectivity index (χ4n) is 1.80. The number of hydrogen-bond acceptors (Lipinski definition) is 4. The minimum atomic E-state index is 0.321. The fraction of sp³-hybridized carbons (Fsp3) is 0.462. The molecule has 0 amide bonds. The molecule has 0 aliphatic rings. The molecule has 2 aromatic heterocycles. The molecule has 0 spiro atoms. The maximum atomic E-state index is 4.37. The number of hydrogen-bond donors (Lipinski definition) is 1. The Bertz CT molecular complexity index is 473. The van der Waals surface area contributed by atoms with Gasteiger partial charge in [0, 0.05) is 16.0 Å². The summed E-state index contributed by atoms with van der Waals surface area (Å²) in [6, 6.07) is 2.51. The second-order valence-electron chi connectivity index (χ2n) is 4.14. The number of aromatic nitrogens is 1. The van der Waals surface area contributed by atoms with Gasteiger partial charge in [-0.2, -0.15) is 0 Å². The number of rotatable bonds is 5. The lowest BCUT2D eigenvalue weighted by Crippen LogP contribution is -2.22. The summed E-state index contributed by atoms with van der Waals surface area (Å²) in [4.78, 5) is 7.11. The van der Waals surface area contributed by atoms with Crippen LogP contribution in [0.3, 0.4) is 0 Å². The van der Waals surface area contributed by atoms with Crippen molar-refractivity contribution in [3.8, 4) is 0 Å². The van der Waals surface area contributed by atoms with Gasteiger partial charge in [-0.25, -0.2) is 4.98 Å². The molecule has 4 heteroatoms. The van der Waals surface area contributed by atoms with E-state index in [0.717, 1.165) is 18.0 Å². The second-order valence-corrected chi connectivity index (χ2v) is 6.35. The molecule has 2 rings (SSSR count). The lowest BCUT2D eigenvalue weighted by atomic mass is 10.1. The van der Waals surface area contributed by atoms with Crippen molar-refractivity contribution in [3.63, 3.8) is 0 Å². The van der Waals surface area contributed by atoms with E-state index < -0.39 is 0 Å². The molecule has 0 fully saturated rings. The summed E-state index contributed by atoms with van der Waals surface area (Å²) in [5, 5.41) is 6.93. The average Bonchev–Trinajstić information content (AvgIpc) is 2.90. The Morgan fingerprint density at radius 1 is 1.41 bits per heavy atom. The Morgan fingerprint density at radius 2 is 2.24 bits per heavy atom. The molecule has 17 heavy (non-hydrogen) atoms. The molecule has 92 valence electrons. The van der Waals surface area contributed by atoms with Gasteiger partial charge >= 0.3 is 0 Å². The molecule has 0 aliphatic heterocycles. The van der Waals surface area contributed by atoms with Crippen LogP contribution in [0, 0.1) is 13.8 Å². The Morgan fingerprint density at radius 3 is 2.76 bits per heavy atom. The average molecular weight is 266 g/mol. The van der Waals surface area contributed by atoms with Crippen molar-refractivity contribution in [3.05, 3.63) is 38.0 Å². The van der Waals surface area contributed by atoms with E-state index in [0.29, 0.717) is 6.04 Å². The first kappa shape index (κ1) is 12.7. The monoisotopic (exact) mass is 266 g/mol. The summed E-state index contributed by atoms with van der Waals surface area (Å²) in [6.45, 7) is 7.48. The van der Waals surface area contributed by atoms with Gasteiger partial charge in [-0.15, -0.1) is 22.7 Å². The largest absolute Gasteiger partial charge is 0.305 e. The van der Waals surface area contributed by atoms with Gasteiger partial charge in [0.05, 0.1) is 11.0 Å². The number of nitrogens with one attached hydrogen (secondary N) is 1. The van der Waals surface area contributed by atoms with Crippen molar-refractivity contribution < 1.29 is 0 Å². The third-order valence-electron chi connectivity index (χ3n) is 2.69. The van der Waals surface area contributed by atoms with Gasteiger partial charge < -0.3 is 5.32 Å². The van der Waals surface area contributed by atoms with Crippen molar-refractivity contribution in [2.75, 3.05) is 6.54 Å². The van der Waals surface area contributed by atoms with E-state index in [1.165, 1.54) is 15.3 Å². The molecule has 2 nitrogen and oxygen atoms in total. The molecule has 2 aromatic rings. The van der Waals surface area contributed by atoms with E-state index >= 15 is 0 Å². The molecule has 1 N–H and O–H groups in total. The Kier molecular flexibility index (Phi) is 4.31. The number of thiazole rings is 1. The van der Waals surface area contributed by atoms with Gasteiger partial charge in [-0.05, 0) is 43.8 Å². The second kappa shape index (κ2) is 5.76. The van der Waals surface area contributed by atoms with E-state index in [9.17, 15) is 0 Å². The molecule has 0 radical (unpaired) electrons. The summed E-state index contributed by atoms with van der Waals surface area (Å²) in [7, 11) is 0. The third kappa shape index (κ3) is 2.94. The van der Waals surface area contributed by atoms with Crippen molar-refractivity contribution >= 4 is 22.7 Å². The third-order valence-corrected chi connectivity index (χ3v) is 4.75. The van der Waals surface area contributed by atoms with E-state index in [1.807, 2.05) is 17.5 Å². The normalized spacial score (nSPS) is 12.9. The van der Waals surface area contributed by atoms with Crippen molar-refractivity contribution in [1.29, 1.82) is 0 Å². The standard InChI is InChI=1S/C13H18N2S2/c1-4-6-14-12(11-8-15-10(3)17-11)13-9(2)5-7-16-13/h5,7-8,12,14H,4,6H2,1-3H3. The van der Waals surface area contributed by atoms with E-state index in [2.05, 4.69) is 42.5 Å². The Hall–Kier alpha value is -0.710. The van der Waals surface area contributed by atoms with Crippen LogP contribution in [0.15, 0.2) is 17.6 Å². The highest BCUT2D eigenvalue weighted by Crippen LogP contribution is 2.32. The quantitative estimate of drug-likeness (QED) is 0.887. The first-order chi connectivity index (χ1) is 8.22. The van der Waals surface area contributed by atoms with Crippen LogP contribution in [0.5, 0.6) is 0 Å². The first-order valence-electron chi connectivity index (χ1n) is 5.92. The first-order valence-corrected chi connectivity index (χ1v) is 7.61. The van der Waals surface area contributed by atoms with E-state index in [1.54, 1.807) is 11.3 Å². The van der Waals surface area contributed by atoms with Gasteiger partial charge in [0.25, 0.3) is 0 Å². The molecular weight excluding hydrogens is 248 g/mol. The number of nitrogens with zero attached hydrogens (tertiary/aromatic N) is 1. The van der Waals surface area contributed by atoms with Gasteiger partial charge in [0.2, 0.25) is 0 Å². The maximum absolute atomic E-state index is 4.37. The van der Waals surface area contributed by atoms with E-state index in [4.69, 9.17) is 0 Å². The van der Waals surface area contributed by atoms with Crippen LogP contribution in [0.2, 0.25) is 0 Å². The maximum Gasteiger partial charge on any atom is 0.0897 e. The summed E-state index contributed by atoms with van der Waals surface area (Å²) in [5.41, 5.74) is 1.37. The predicted molar refractivity (Wildman–Crippen MR) is 76.0 cm³/mol. The lowest BCUT2D eigenvalue weighted by Gasteiger charge is -2.16. The van der Waals surface area contributed by atoms with Crippen LogP contribution in [0.4, 0.5) is 0 Å². The summed E-state index contributed by atoms with van der Waals surface area (Å²) < 4.78 is 0. The topological polar surface area (TPSA) is 24.9 Å². The highest BCUT2D eigenvalue weighted by Gasteiger charge is 2.18. The summed E-state index contributed by atoms with van der Waals surface area (Å²) >= 11 is 3.61. The molecule has 0 bridgehead atoms. The minimum absolute atomic E-state index is 0.321. The molecule has 0 saturated carbocycles. The zero-order chi connectivity index (χ0) is 12.3. The zero-order valence-electron chi connectivity index (χ0n) is 10.5. The summed E-state index contributed by atoms with van der Waals surface area (Å²) in [6.07, 6.45) is 3.16. The van der Waals surface area contributed by atoms with Crippen molar-refractivity contribution in [2.24, 2.45) is 0 Å². The van der Waals surface area contributed by atoms with Crippen LogP contribution < -0.4 is 5.32 Å². The van der Waals surface area contributed by atoms with Gasteiger partial charge in [0.1, 0.15) is 0 Å². The molecule has 0 aromatic carbocycles. The number of aryl methyl sites for hydroxylation is 2. The molecule has 1 atom stereocenters. The predicted octanol–water partition coefficient (Wildman–Crippen LogP) is 3.91. The van der Waals surface area contributed by atoms with Crippen molar-refractivity contribution in [1.82, 2.24) is 10.3 Å². The zero-order valence-corrected chi connectivity index (χ0v) is 12.1. The van der Waals surface area contributed by atoms with Crippen molar-refractivity contribution in [2.45, 2.75) is 33.2 Å².